The summed E-state index contributed by atoms with van der Waals surface area (Å²) in [5.41, 5.74) is 0.411. The fraction of sp³-hybridized carbons (Fsp3) is 0.870. The zero-order chi connectivity index (χ0) is 22.5. The number of unbranched alkanes of at least 4 members (excludes halogenated alkanes) is 9. The fourth-order valence-electron chi connectivity index (χ4n) is 4.03. The second kappa shape index (κ2) is 14.3. The molecule has 1 N–H and O–H groups in total. The molecule has 1 fully saturated rings. The average molecular weight is 461 g/mol. The van der Waals surface area contributed by atoms with Crippen LogP contribution >= 0.6 is 7.82 Å². The van der Waals surface area contributed by atoms with E-state index in [0.717, 1.165) is 51.4 Å². The minimum atomic E-state index is -3.67. The number of phosphoric acid groups is 1. The quantitative estimate of drug-likeness (QED) is 0.170. The van der Waals surface area contributed by atoms with Gasteiger partial charge in [-0.2, -0.15) is 0 Å². The predicted molar refractivity (Wildman–Crippen MR) is 119 cm³/mol. The summed E-state index contributed by atoms with van der Waals surface area (Å²) in [4.78, 5) is 11.7. The highest BCUT2D eigenvalue weighted by atomic mass is 31.2. The minimum absolute atomic E-state index is 0.105. The van der Waals surface area contributed by atoms with Crippen LogP contribution in [0.5, 0.6) is 0 Å². The van der Waals surface area contributed by atoms with Crippen molar-refractivity contribution in [2.75, 3.05) is 19.8 Å². The summed E-state index contributed by atoms with van der Waals surface area (Å²) in [7, 11) is -3.67. The van der Waals surface area contributed by atoms with Crippen LogP contribution in [0.1, 0.15) is 97.3 Å². The number of cyclic esters (lactones) is 1. The Hall–Kier alpha value is -0.880. The lowest BCUT2D eigenvalue weighted by Gasteiger charge is -2.17. The third kappa shape index (κ3) is 9.65. The second-order valence-electron chi connectivity index (χ2n) is 8.70. The molecular weight excluding hydrogens is 419 g/mol. The maximum Gasteiger partial charge on any atom is 0.529 e. The predicted octanol–water partition coefficient (Wildman–Crippen LogP) is 6.06. The molecule has 0 spiro atoms. The number of fused-ring (bicyclic) bond motifs is 1. The van der Waals surface area contributed by atoms with E-state index in [0.29, 0.717) is 12.2 Å². The van der Waals surface area contributed by atoms with E-state index in [-0.39, 0.29) is 31.0 Å². The first-order chi connectivity index (χ1) is 14.9. The molecule has 2 aliphatic heterocycles. The van der Waals surface area contributed by atoms with Gasteiger partial charge in [-0.05, 0) is 26.2 Å². The zero-order valence-electron chi connectivity index (χ0n) is 19.3. The van der Waals surface area contributed by atoms with Crippen LogP contribution in [0.2, 0.25) is 0 Å². The molecule has 2 aliphatic rings. The molecule has 0 aromatic carbocycles. The van der Waals surface area contributed by atoms with Crippen LogP contribution < -0.4 is 0 Å². The van der Waals surface area contributed by atoms with Gasteiger partial charge < -0.3 is 14.4 Å². The summed E-state index contributed by atoms with van der Waals surface area (Å²) >= 11 is 0. The number of allylic oxidation sites excluding steroid dienone is 1. The van der Waals surface area contributed by atoms with Crippen molar-refractivity contribution < 1.29 is 32.8 Å². The number of ether oxygens (including phenoxy) is 1. The van der Waals surface area contributed by atoms with Crippen LogP contribution in [0.15, 0.2) is 11.3 Å². The third-order valence-corrected chi connectivity index (χ3v) is 7.39. The smallest absolute Gasteiger partial charge is 0.461 e. The van der Waals surface area contributed by atoms with Gasteiger partial charge in [0.25, 0.3) is 0 Å². The summed E-state index contributed by atoms with van der Waals surface area (Å²) in [5, 5.41) is 9.83. The lowest BCUT2D eigenvalue weighted by atomic mass is 10.0. The average Bonchev–Trinajstić information content (AvgIpc) is 3.06. The normalized spacial score (nSPS) is 24.5. The van der Waals surface area contributed by atoms with Crippen LogP contribution in [0, 0.1) is 5.92 Å². The molecule has 2 heterocycles. The Morgan fingerprint density at radius 2 is 1.61 bits per heavy atom. The van der Waals surface area contributed by atoms with Crippen LogP contribution in [-0.2, 0) is 27.7 Å². The number of phosphoric ester groups is 1. The molecule has 8 heteroatoms. The van der Waals surface area contributed by atoms with Gasteiger partial charge in [-0.3, -0.25) is 9.05 Å². The van der Waals surface area contributed by atoms with Gasteiger partial charge in [-0.25, -0.2) is 9.36 Å². The zero-order valence-corrected chi connectivity index (χ0v) is 20.2. The first-order valence-corrected chi connectivity index (χ1v) is 13.6. The highest BCUT2D eigenvalue weighted by molar-refractivity contribution is 7.48. The number of esters is 1. The molecule has 31 heavy (non-hydrogen) atoms. The van der Waals surface area contributed by atoms with Crippen LogP contribution in [-0.4, -0.2) is 37.0 Å². The highest BCUT2D eigenvalue weighted by Gasteiger charge is 2.42. The summed E-state index contributed by atoms with van der Waals surface area (Å²) in [5.74, 6) is -0.383. The summed E-state index contributed by atoms with van der Waals surface area (Å²) < 4.78 is 33.9. The third-order valence-electron chi connectivity index (χ3n) is 5.93. The molecule has 1 saturated heterocycles. The van der Waals surface area contributed by atoms with Crippen molar-refractivity contribution in [2.24, 2.45) is 5.92 Å². The Bertz CT molecular complexity index is 619. The molecule has 0 aromatic heterocycles. The van der Waals surface area contributed by atoms with Gasteiger partial charge in [0.2, 0.25) is 0 Å². The molecule has 3 atom stereocenters. The molecule has 180 valence electrons. The molecule has 1 unspecified atom stereocenters. The Labute approximate surface area is 187 Å². The molecule has 0 bridgehead atoms. The second-order valence-corrected chi connectivity index (χ2v) is 10.3. The number of aliphatic hydroxyl groups is 1. The van der Waals surface area contributed by atoms with Crippen LogP contribution in [0.3, 0.4) is 0 Å². The van der Waals surface area contributed by atoms with Gasteiger partial charge in [0, 0.05) is 0 Å². The number of hydrogen-bond acceptors (Lipinski definition) is 7. The Morgan fingerprint density at radius 3 is 2.29 bits per heavy atom. The van der Waals surface area contributed by atoms with E-state index in [9.17, 15) is 14.5 Å². The Kier molecular flexibility index (Phi) is 12.2. The molecule has 7 nitrogen and oxygen atoms in total. The van der Waals surface area contributed by atoms with E-state index in [1.807, 2.05) is 0 Å². The van der Waals surface area contributed by atoms with Crippen molar-refractivity contribution in [3.63, 3.8) is 0 Å². The van der Waals surface area contributed by atoms with E-state index in [1.165, 1.54) is 32.1 Å². The Balaban J connectivity index is 1.45. The lowest BCUT2D eigenvalue weighted by Crippen LogP contribution is -2.10. The van der Waals surface area contributed by atoms with Gasteiger partial charge in [0.1, 0.15) is 12.4 Å². The topological polar surface area (TPSA) is 91.3 Å². The standard InChI is InChI=1S/C23H41O7P/c1-3-4-14-21(24)15-12-10-8-6-5-7-9-11-13-16-28-31(26)29-18-20-17-27-23(25)22(20)19(2)30-31/h20-21,24H,3-18H2,1-2H3/t20-,21?,31-/m1/s1. The molecule has 0 amide bonds. The molecule has 0 aliphatic carbocycles. The van der Waals surface area contributed by atoms with E-state index in [1.54, 1.807) is 6.92 Å². The fourth-order valence-corrected chi connectivity index (χ4v) is 5.36. The van der Waals surface area contributed by atoms with Crippen molar-refractivity contribution in [2.45, 2.75) is 103 Å². The number of carbonyl (C=O) groups is 1. The van der Waals surface area contributed by atoms with E-state index >= 15 is 0 Å². The van der Waals surface area contributed by atoms with Crippen molar-refractivity contribution in [3.05, 3.63) is 11.3 Å². The maximum atomic E-state index is 12.7. The van der Waals surface area contributed by atoms with Gasteiger partial charge >= 0.3 is 13.8 Å². The van der Waals surface area contributed by atoms with Gasteiger partial charge in [0.15, 0.2) is 0 Å². The Morgan fingerprint density at radius 1 is 1.00 bits per heavy atom. The van der Waals surface area contributed by atoms with Crippen LogP contribution in [0.4, 0.5) is 0 Å². The first-order valence-electron chi connectivity index (χ1n) is 12.1. The highest BCUT2D eigenvalue weighted by Crippen LogP contribution is 2.54. The van der Waals surface area contributed by atoms with E-state index < -0.39 is 13.8 Å². The summed E-state index contributed by atoms with van der Waals surface area (Å²) in [6.07, 6.45) is 14.2. The number of rotatable bonds is 16. The van der Waals surface area contributed by atoms with Gasteiger partial charge in [-0.1, -0.05) is 71.1 Å². The number of aliphatic hydroxyl groups excluding tert-OH is 1. The number of carbonyl (C=O) groups excluding carboxylic acids is 1. The van der Waals surface area contributed by atoms with Crippen molar-refractivity contribution in [1.29, 1.82) is 0 Å². The van der Waals surface area contributed by atoms with Crippen LogP contribution in [0.25, 0.3) is 0 Å². The maximum absolute atomic E-state index is 12.7. The summed E-state index contributed by atoms with van der Waals surface area (Å²) in [6.45, 7) is 4.41. The first kappa shape index (κ1) is 26.4. The van der Waals surface area contributed by atoms with Crippen molar-refractivity contribution in [1.82, 2.24) is 0 Å². The largest absolute Gasteiger partial charge is 0.529 e. The minimum Gasteiger partial charge on any atom is -0.461 e. The molecular formula is C23H41O7P. The van der Waals surface area contributed by atoms with E-state index in [2.05, 4.69) is 6.92 Å². The van der Waals surface area contributed by atoms with E-state index in [4.69, 9.17) is 18.3 Å². The number of hydrogen-bond donors (Lipinski definition) is 1. The molecule has 0 radical (unpaired) electrons. The van der Waals surface area contributed by atoms with Crippen molar-refractivity contribution in [3.8, 4) is 0 Å². The van der Waals surface area contributed by atoms with Gasteiger partial charge in [0.05, 0.1) is 30.8 Å². The summed E-state index contributed by atoms with van der Waals surface area (Å²) in [6, 6.07) is 0. The molecule has 2 rings (SSSR count). The van der Waals surface area contributed by atoms with Gasteiger partial charge in [-0.15, -0.1) is 0 Å². The van der Waals surface area contributed by atoms with Crippen molar-refractivity contribution >= 4 is 13.8 Å². The monoisotopic (exact) mass is 460 g/mol. The molecule has 0 saturated carbocycles. The molecule has 0 aromatic rings. The lowest BCUT2D eigenvalue weighted by molar-refractivity contribution is -0.135. The SMILES string of the molecule is CCCCC(O)CCCCCCCCCCCO[P@]1(=O)OC[C@H]2COC(=O)C2=C(C)O1.